The molecule has 0 aromatic carbocycles. The monoisotopic (exact) mass is 217 g/mol. The Kier molecular flexibility index (Phi) is 2.25. The zero-order valence-corrected chi connectivity index (χ0v) is 9.35. The van der Waals surface area contributed by atoms with Crippen molar-refractivity contribution in [3.63, 3.8) is 0 Å². The van der Waals surface area contributed by atoms with E-state index in [-0.39, 0.29) is 0 Å². The number of piperazine rings is 1. The van der Waals surface area contributed by atoms with Crippen LogP contribution in [0.4, 0.5) is 5.82 Å². The van der Waals surface area contributed by atoms with Crippen LogP contribution in [-0.2, 0) is 7.05 Å². The molecule has 0 unspecified atom stereocenters. The van der Waals surface area contributed by atoms with Gasteiger partial charge in [0, 0.05) is 39.3 Å². The lowest BCUT2D eigenvalue weighted by Crippen LogP contribution is -2.43. The van der Waals surface area contributed by atoms with Crippen molar-refractivity contribution in [2.45, 2.75) is 0 Å². The van der Waals surface area contributed by atoms with Crippen molar-refractivity contribution in [1.29, 1.82) is 0 Å². The molecule has 5 heteroatoms. The first kappa shape index (κ1) is 9.59. The molecule has 0 spiro atoms. The van der Waals surface area contributed by atoms with Crippen LogP contribution in [0.1, 0.15) is 0 Å². The van der Waals surface area contributed by atoms with Crippen molar-refractivity contribution >= 4 is 16.9 Å². The molecule has 16 heavy (non-hydrogen) atoms. The van der Waals surface area contributed by atoms with Gasteiger partial charge in [-0.3, -0.25) is 0 Å². The van der Waals surface area contributed by atoms with Crippen molar-refractivity contribution in [3.8, 4) is 0 Å². The number of aryl methyl sites for hydroxylation is 1. The second-order valence-electron chi connectivity index (χ2n) is 4.12. The number of imidazole rings is 1. The molecule has 0 radical (unpaired) electrons. The lowest BCUT2D eigenvalue weighted by atomic mass is 10.3. The van der Waals surface area contributed by atoms with Gasteiger partial charge in [-0.2, -0.15) is 0 Å². The average molecular weight is 217 g/mol. The van der Waals surface area contributed by atoms with Crippen LogP contribution >= 0.6 is 0 Å². The summed E-state index contributed by atoms with van der Waals surface area (Å²) in [7, 11) is 2.01. The van der Waals surface area contributed by atoms with Crippen LogP contribution in [0.5, 0.6) is 0 Å². The first-order chi connectivity index (χ1) is 7.84. The number of aromatic nitrogens is 3. The largest absolute Gasteiger partial charge is 0.354 e. The third-order valence-corrected chi connectivity index (χ3v) is 3.04. The van der Waals surface area contributed by atoms with E-state index in [9.17, 15) is 0 Å². The van der Waals surface area contributed by atoms with Crippen molar-refractivity contribution in [1.82, 2.24) is 19.9 Å². The van der Waals surface area contributed by atoms with Crippen molar-refractivity contribution in [2.24, 2.45) is 7.05 Å². The molecule has 1 saturated heterocycles. The third kappa shape index (κ3) is 1.53. The fourth-order valence-corrected chi connectivity index (χ4v) is 2.09. The maximum Gasteiger partial charge on any atom is 0.130 e. The molecule has 1 fully saturated rings. The first-order valence-electron chi connectivity index (χ1n) is 5.57. The van der Waals surface area contributed by atoms with Crippen LogP contribution in [-0.4, -0.2) is 40.7 Å². The topological polar surface area (TPSA) is 46.0 Å². The summed E-state index contributed by atoms with van der Waals surface area (Å²) in [6.07, 6.45) is 3.68. The normalized spacial score (nSPS) is 16.9. The van der Waals surface area contributed by atoms with Gasteiger partial charge in [-0.05, 0) is 0 Å². The molecule has 1 N–H and O–H groups in total. The maximum absolute atomic E-state index is 4.47. The van der Waals surface area contributed by atoms with E-state index in [0.29, 0.717) is 0 Å². The molecule has 0 amide bonds. The van der Waals surface area contributed by atoms with Gasteiger partial charge < -0.3 is 14.8 Å². The Morgan fingerprint density at radius 2 is 2.06 bits per heavy atom. The average Bonchev–Trinajstić information content (AvgIpc) is 2.72. The van der Waals surface area contributed by atoms with E-state index in [2.05, 4.69) is 26.3 Å². The van der Waals surface area contributed by atoms with Crippen molar-refractivity contribution < 1.29 is 0 Å². The van der Waals surface area contributed by atoms with Gasteiger partial charge in [0.15, 0.2) is 0 Å². The summed E-state index contributed by atoms with van der Waals surface area (Å²) in [4.78, 5) is 11.0. The van der Waals surface area contributed by atoms with Gasteiger partial charge in [0.2, 0.25) is 0 Å². The quantitative estimate of drug-likeness (QED) is 0.750. The Bertz CT molecular complexity index is 498. The zero-order chi connectivity index (χ0) is 11.0. The molecule has 1 aliphatic rings. The van der Waals surface area contributed by atoms with Crippen LogP contribution in [0.3, 0.4) is 0 Å². The van der Waals surface area contributed by atoms with Gasteiger partial charge in [0.1, 0.15) is 11.3 Å². The number of rotatable bonds is 1. The SMILES string of the molecule is Cn1cnc2cnc(N3CCNCC3)cc21. The predicted molar refractivity (Wildman–Crippen MR) is 63.6 cm³/mol. The van der Waals surface area contributed by atoms with E-state index in [0.717, 1.165) is 43.0 Å². The summed E-state index contributed by atoms with van der Waals surface area (Å²) in [5.41, 5.74) is 2.10. The van der Waals surface area contributed by atoms with Crippen LogP contribution in [0.2, 0.25) is 0 Å². The molecule has 2 aromatic rings. The van der Waals surface area contributed by atoms with Gasteiger partial charge in [-0.1, -0.05) is 0 Å². The highest BCUT2D eigenvalue weighted by Crippen LogP contribution is 2.18. The molecular formula is C11H15N5. The lowest BCUT2D eigenvalue weighted by Gasteiger charge is -2.28. The summed E-state index contributed by atoms with van der Waals surface area (Å²) in [5.74, 6) is 1.05. The van der Waals surface area contributed by atoms with Gasteiger partial charge >= 0.3 is 0 Å². The van der Waals surface area contributed by atoms with E-state index < -0.39 is 0 Å². The summed E-state index contributed by atoms with van der Waals surface area (Å²) in [5, 5.41) is 3.34. The highest BCUT2D eigenvalue weighted by Gasteiger charge is 2.12. The minimum Gasteiger partial charge on any atom is -0.354 e. The Balaban J connectivity index is 1.99. The van der Waals surface area contributed by atoms with E-state index in [1.165, 1.54) is 0 Å². The Morgan fingerprint density at radius 1 is 1.25 bits per heavy atom. The second kappa shape index (κ2) is 3.75. The van der Waals surface area contributed by atoms with Gasteiger partial charge in [0.25, 0.3) is 0 Å². The molecule has 5 nitrogen and oxygen atoms in total. The molecular weight excluding hydrogens is 202 g/mol. The standard InChI is InChI=1S/C11H15N5/c1-15-8-14-9-7-13-11(6-10(9)15)16-4-2-12-3-5-16/h6-8,12H,2-5H2,1H3. The number of nitrogens with zero attached hydrogens (tertiary/aromatic N) is 4. The van der Waals surface area contributed by atoms with Gasteiger partial charge in [-0.15, -0.1) is 0 Å². The van der Waals surface area contributed by atoms with E-state index >= 15 is 0 Å². The van der Waals surface area contributed by atoms with E-state index in [1.807, 2.05) is 24.1 Å². The minimum atomic E-state index is 0.960. The molecule has 0 aliphatic carbocycles. The molecule has 1 aliphatic heterocycles. The van der Waals surface area contributed by atoms with Crippen LogP contribution in [0.25, 0.3) is 11.0 Å². The minimum absolute atomic E-state index is 0.960. The summed E-state index contributed by atoms with van der Waals surface area (Å²) >= 11 is 0. The smallest absolute Gasteiger partial charge is 0.130 e. The Hall–Kier alpha value is -1.62. The van der Waals surface area contributed by atoms with Gasteiger partial charge in [0.05, 0.1) is 18.0 Å². The van der Waals surface area contributed by atoms with Crippen LogP contribution in [0, 0.1) is 0 Å². The number of nitrogens with one attached hydrogen (secondary N) is 1. The number of pyridine rings is 1. The molecule has 3 rings (SSSR count). The molecule has 2 aromatic heterocycles. The molecule has 3 heterocycles. The molecule has 0 atom stereocenters. The second-order valence-corrected chi connectivity index (χ2v) is 4.12. The van der Waals surface area contributed by atoms with Crippen molar-refractivity contribution in [3.05, 3.63) is 18.6 Å². The van der Waals surface area contributed by atoms with E-state index in [1.54, 1.807) is 0 Å². The number of anilines is 1. The van der Waals surface area contributed by atoms with Crippen LogP contribution < -0.4 is 10.2 Å². The van der Waals surface area contributed by atoms with Gasteiger partial charge in [-0.25, -0.2) is 9.97 Å². The fourth-order valence-electron chi connectivity index (χ4n) is 2.09. The van der Waals surface area contributed by atoms with E-state index in [4.69, 9.17) is 0 Å². The number of hydrogen-bond acceptors (Lipinski definition) is 4. The number of hydrogen-bond donors (Lipinski definition) is 1. The Labute approximate surface area is 94.1 Å². The first-order valence-corrected chi connectivity index (χ1v) is 5.57. The third-order valence-electron chi connectivity index (χ3n) is 3.04. The molecule has 0 saturated carbocycles. The summed E-state index contributed by atoms with van der Waals surface area (Å²) < 4.78 is 2.03. The fraction of sp³-hybridized carbons (Fsp3) is 0.455. The summed E-state index contributed by atoms with van der Waals surface area (Å²) in [6.45, 7) is 4.11. The lowest BCUT2D eigenvalue weighted by molar-refractivity contribution is 0.585. The molecule has 0 bridgehead atoms. The maximum atomic E-state index is 4.47. The van der Waals surface area contributed by atoms with Crippen molar-refractivity contribution in [2.75, 3.05) is 31.1 Å². The number of fused-ring (bicyclic) bond motifs is 1. The highest BCUT2D eigenvalue weighted by molar-refractivity contribution is 5.77. The summed E-state index contributed by atoms with van der Waals surface area (Å²) in [6, 6.07) is 2.12. The Morgan fingerprint density at radius 3 is 2.88 bits per heavy atom. The van der Waals surface area contributed by atoms with Crippen LogP contribution in [0.15, 0.2) is 18.6 Å². The predicted octanol–water partition coefficient (Wildman–Crippen LogP) is 0.378. The zero-order valence-electron chi connectivity index (χ0n) is 9.35. The molecule has 84 valence electrons. The highest BCUT2D eigenvalue weighted by atomic mass is 15.2.